The Morgan fingerprint density at radius 2 is 1.58 bits per heavy atom. The van der Waals surface area contributed by atoms with Gasteiger partial charge in [-0.25, -0.2) is 0 Å². The van der Waals surface area contributed by atoms with Crippen LogP contribution < -0.4 is 5.32 Å². The first-order valence-corrected chi connectivity index (χ1v) is 16.7. The summed E-state index contributed by atoms with van der Waals surface area (Å²) in [4.78, 5) is 5.16. The zero-order valence-corrected chi connectivity index (χ0v) is 29.1. The van der Waals surface area contributed by atoms with Gasteiger partial charge in [-0.1, -0.05) is 93.6 Å². The van der Waals surface area contributed by atoms with Crippen LogP contribution >= 0.6 is 0 Å². The molecule has 2 heterocycles. The molecular weight excluding hydrogens is 551 g/mol. The summed E-state index contributed by atoms with van der Waals surface area (Å²) in [6, 6.07) is 26.6. The monoisotopic (exact) mass is 601 g/mol. The summed E-state index contributed by atoms with van der Waals surface area (Å²) >= 11 is 0. The summed E-state index contributed by atoms with van der Waals surface area (Å²) in [5.74, 6) is 0. The third-order valence-corrected chi connectivity index (χ3v) is 9.85. The molecule has 2 aliphatic rings. The highest BCUT2D eigenvalue weighted by molar-refractivity contribution is 5.99. The molecule has 43 heavy (non-hydrogen) atoms. The smallest absolute Gasteiger partial charge is 0.147 e. The molecule has 1 unspecified atom stereocenters. The predicted octanol–water partition coefficient (Wildman–Crippen LogP) is 4.12. The lowest BCUT2D eigenvalue weighted by molar-refractivity contribution is -0.0630. The standard InChI is InChI=1S/C36H51N3O3Si/c1-27-16-17-31(33(34(27)35(2,3)4)28-12-8-6-9-13-28)36(42-43,29-14-10-7-11-15-29)32-25-38(19-18-37-32)20-21-39-22-23-41-30(24-39)26-40-5/h6-17,30,32,37H,18-26H2,1-5,43H3/t30-,32+,36?/m0/s1. The molecule has 2 saturated heterocycles. The van der Waals surface area contributed by atoms with E-state index >= 15 is 0 Å². The number of benzene rings is 3. The topological polar surface area (TPSA) is 46.2 Å². The van der Waals surface area contributed by atoms with Gasteiger partial charge in [0.05, 0.1) is 25.4 Å². The number of ether oxygens (including phenoxy) is 2. The van der Waals surface area contributed by atoms with Gasteiger partial charge in [0, 0.05) is 52.9 Å². The van der Waals surface area contributed by atoms with Crippen molar-refractivity contribution in [1.29, 1.82) is 0 Å². The van der Waals surface area contributed by atoms with Crippen molar-refractivity contribution < 1.29 is 13.9 Å². The summed E-state index contributed by atoms with van der Waals surface area (Å²) in [6.07, 6.45) is 0.161. The van der Waals surface area contributed by atoms with Crippen LogP contribution in [-0.4, -0.2) is 98.6 Å². The average Bonchev–Trinajstić information content (AvgIpc) is 3.02. The van der Waals surface area contributed by atoms with Gasteiger partial charge in [0.1, 0.15) is 16.1 Å². The minimum absolute atomic E-state index is 0.0380. The van der Waals surface area contributed by atoms with E-state index in [1.54, 1.807) is 7.11 Å². The predicted molar refractivity (Wildman–Crippen MR) is 180 cm³/mol. The van der Waals surface area contributed by atoms with Gasteiger partial charge in [-0.2, -0.15) is 0 Å². The molecule has 0 radical (unpaired) electrons. The largest absolute Gasteiger partial charge is 0.413 e. The Hall–Kier alpha value is -2.36. The number of rotatable bonds is 10. The van der Waals surface area contributed by atoms with Crippen molar-refractivity contribution in [1.82, 2.24) is 15.1 Å². The van der Waals surface area contributed by atoms with Gasteiger partial charge in [0.2, 0.25) is 0 Å². The van der Waals surface area contributed by atoms with Crippen LogP contribution in [0.15, 0.2) is 72.8 Å². The lowest BCUT2D eigenvalue weighted by atomic mass is 9.70. The Bertz CT molecular complexity index is 1310. The van der Waals surface area contributed by atoms with E-state index in [2.05, 4.69) is 116 Å². The maximum Gasteiger partial charge on any atom is 0.147 e. The highest BCUT2D eigenvalue weighted by atomic mass is 28.2. The van der Waals surface area contributed by atoms with Crippen LogP contribution in [0.4, 0.5) is 0 Å². The Morgan fingerprint density at radius 3 is 2.23 bits per heavy atom. The molecule has 5 rings (SSSR count). The van der Waals surface area contributed by atoms with Gasteiger partial charge in [0.25, 0.3) is 0 Å². The van der Waals surface area contributed by atoms with Crippen molar-refractivity contribution >= 4 is 10.5 Å². The maximum absolute atomic E-state index is 7.01. The molecular formula is C36H51N3O3Si. The minimum Gasteiger partial charge on any atom is -0.413 e. The van der Waals surface area contributed by atoms with Crippen LogP contribution in [0.2, 0.25) is 0 Å². The molecule has 0 spiro atoms. The summed E-state index contributed by atoms with van der Waals surface area (Å²) in [6.45, 7) is 17.5. The highest BCUT2D eigenvalue weighted by Gasteiger charge is 2.46. The quantitative estimate of drug-likeness (QED) is 0.353. The van der Waals surface area contributed by atoms with Gasteiger partial charge < -0.3 is 19.2 Å². The van der Waals surface area contributed by atoms with Gasteiger partial charge in [-0.15, -0.1) is 0 Å². The van der Waals surface area contributed by atoms with E-state index in [1.165, 1.54) is 33.4 Å². The summed E-state index contributed by atoms with van der Waals surface area (Å²) in [7, 11) is 2.35. The van der Waals surface area contributed by atoms with Gasteiger partial charge >= 0.3 is 0 Å². The van der Waals surface area contributed by atoms with Crippen LogP contribution in [-0.2, 0) is 24.9 Å². The molecule has 0 amide bonds. The average molecular weight is 602 g/mol. The fraction of sp³-hybridized carbons (Fsp3) is 0.500. The number of nitrogens with one attached hydrogen (secondary N) is 1. The van der Waals surface area contributed by atoms with Crippen LogP contribution in [0.3, 0.4) is 0 Å². The number of hydrogen-bond donors (Lipinski definition) is 1. The molecule has 2 fully saturated rings. The maximum atomic E-state index is 7.01. The lowest BCUT2D eigenvalue weighted by Gasteiger charge is -2.48. The summed E-state index contributed by atoms with van der Waals surface area (Å²) < 4.78 is 18.3. The first-order valence-electron chi connectivity index (χ1n) is 15.9. The Morgan fingerprint density at radius 1 is 0.907 bits per heavy atom. The number of nitrogens with zero attached hydrogens (tertiary/aromatic N) is 2. The minimum atomic E-state index is -0.631. The van der Waals surface area contributed by atoms with Crippen molar-refractivity contribution in [3.63, 3.8) is 0 Å². The molecule has 6 nitrogen and oxygen atoms in total. The molecule has 0 aromatic heterocycles. The second-order valence-corrected chi connectivity index (χ2v) is 13.6. The van der Waals surface area contributed by atoms with E-state index in [1.807, 2.05) is 0 Å². The molecule has 0 aliphatic carbocycles. The lowest BCUT2D eigenvalue weighted by Crippen LogP contribution is -2.62. The molecule has 3 aromatic carbocycles. The van der Waals surface area contributed by atoms with E-state index in [0.29, 0.717) is 17.1 Å². The summed E-state index contributed by atoms with van der Waals surface area (Å²) in [5, 5.41) is 3.96. The van der Waals surface area contributed by atoms with Gasteiger partial charge in [-0.05, 0) is 45.7 Å². The van der Waals surface area contributed by atoms with Crippen molar-refractivity contribution in [2.24, 2.45) is 0 Å². The van der Waals surface area contributed by atoms with E-state index in [4.69, 9.17) is 13.9 Å². The van der Waals surface area contributed by atoms with E-state index < -0.39 is 5.60 Å². The molecule has 2 aliphatic heterocycles. The normalized spacial score (nSPS) is 22.0. The SMILES string of the molecule is COC[C@@H]1CN(CCN2CCN[C@@H](C(O[SiH3])(c3ccccc3)c3ccc(C)c(C(C)(C)C)c3-c3ccccc3)C2)CCO1. The Kier molecular flexibility index (Phi) is 10.6. The van der Waals surface area contributed by atoms with Crippen LogP contribution in [0.25, 0.3) is 11.1 Å². The van der Waals surface area contributed by atoms with E-state index in [-0.39, 0.29) is 17.6 Å². The number of aryl methyl sites for hydroxylation is 1. The van der Waals surface area contributed by atoms with Crippen molar-refractivity contribution in [2.45, 2.75) is 50.9 Å². The number of methoxy groups -OCH3 is 1. The molecule has 1 N–H and O–H groups in total. The number of piperazine rings is 1. The number of hydrogen-bond acceptors (Lipinski definition) is 6. The third kappa shape index (κ3) is 6.99. The molecule has 0 saturated carbocycles. The Balaban J connectivity index is 1.55. The highest BCUT2D eigenvalue weighted by Crippen LogP contribution is 2.47. The molecule has 0 bridgehead atoms. The fourth-order valence-electron chi connectivity index (χ4n) is 7.33. The zero-order valence-electron chi connectivity index (χ0n) is 27.1. The molecule has 232 valence electrons. The van der Waals surface area contributed by atoms with Crippen LogP contribution in [0, 0.1) is 6.92 Å². The van der Waals surface area contributed by atoms with Crippen molar-refractivity contribution in [3.8, 4) is 11.1 Å². The summed E-state index contributed by atoms with van der Waals surface area (Å²) in [5.41, 5.74) is 7.06. The molecule has 7 heteroatoms. The van der Waals surface area contributed by atoms with E-state index in [0.717, 1.165) is 52.4 Å². The second-order valence-electron chi connectivity index (χ2n) is 13.2. The first kappa shape index (κ1) is 32.0. The van der Waals surface area contributed by atoms with E-state index in [9.17, 15) is 0 Å². The molecule has 3 aromatic rings. The van der Waals surface area contributed by atoms with Crippen molar-refractivity contribution in [2.75, 3.05) is 66.1 Å². The van der Waals surface area contributed by atoms with Gasteiger partial charge in [-0.3, -0.25) is 9.80 Å². The van der Waals surface area contributed by atoms with Crippen LogP contribution in [0.1, 0.15) is 43.0 Å². The fourth-order valence-corrected chi connectivity index (χ4v) is 8.07. The molecule has 3 atom stereocenters. The first-order chi connectivity index (χ1) is 20.8. The zero-order chi connectivity index (χ0) is 30.5. The Labute approximate surface area is 262 Å². The third-order valence-electron chi connectivity index (χ3n) is 9.21. The number of morpholine rings is 1. The van der Waals surface area contributed by atoms with Crippen molar-refractivity contribution in [3.05, 3.63) is 95.1 Å². The van der Waals surface area contributed by atoms with Gasteiger partial charge in [0.15, 0.2) is 0 Å². The second kappa shape index (κ2) is 14.2. The van der Waals surface area contributed by atoms with Crippen LogP contribution in [0.5, 0.6) is 0 Å².